The van der Waals surface area contributed by atoms with Crippen LogP contribution in [0.3, 0.4) is 0 Å². The van der Waals surface area contributed by atoms with E-state index < -0.39 is 0 Å². The number of para-hydroxylation sites is 1. The van der Waals surface area contributed by atoms with Gasteiger partial charge in [0.05, 0.1) is 17.8 Å². The molecule has 0 aliphatic carbocycles. The lowest BCUT2D eigenvalue weighted by Crippen LogP contribution is -2.28. The van der Waals surface area contributed by atoms with Crippen LogP contribution in [-0.4, -0.2) is 18.4 Å². The van der Waals surface area contributed by atoms with Crippen molar-refractivity contribution in [3.05, 3.63) is 29.3 Å². The molecule has 2 amide bonds. The lowest BCUT2D eigenvalue weighted by Gasteiger charge is -2.07. The Kier molecular flexibility index (Phi) is 1.96. The van der Waals surface area contributed by atoms with E-state index in [1.54, 1.807) is 12.1 Å². The number of hydrogen-bond acceptors (Lipinski definition) is 2. The molecule has 0 aromatic heterocycles. The van der Waals surface area contributed by atoms with Gasteiger partial charge in [0.25, 0.3) is 5.91 Å². The molecule has 1 aliphatic rings. The highest BCUT2D eigenvalue weighted by molar-refractivity contribution is 6.09. The Balaban J connectivity index is 2.57. The number of fused-ring (bicyclic) bond motifs is 1. The highest BCUT2D eigenvalue weighted by Crippen LogP contribution is 2.21. The number of amides is 2. The smallest absolute Gasteiger partial charge is 0.253 e. The molecule has 2 N–H and O–H groups in total. The quantitative estimate of drug-likeness (QED) is 0.632. The lowest BCUT2D eigenvalue weighted by atomic mass is 10.1. The molecule has 1 aliphatic heterocycles. The molecule has 0 fully saturated rings. The van der Waals surface area contributed by atoms with Gasteiger partial charge in [-0.05, 0) is 18.6 Å². The summed E-state index contributed by atoms with van der Waals surface area (Å²) in [5, 5.41) is 5.23. The molecule has 0 saturated heterocycles. The SMILES string of the molecule is Cc1cccc2c1NC(=O)CNC2=O. The van der Waals surface area contributed by atoms with Crippen molar-refractivity contribution in [3.8, 4) is 0 Å². The largest absolute Gasteiger partial charge is 0.343 e. The molecular formula is C10H10N2O2. The maximum atomic E-state index is 11.5. The van der Waals surface area contributed by atoms with Gasteiger partial charge in [-0.15, -0.1) is 0 Å². The van der Waals surface area contributed by atoms with Crippen LogP contribution in [0.25, 0.3) is 0 Å². The van der Waals surface area contributed by atoms with Gasteiger partial charge >= 0.3 is 0 Å². The zero-order valence-corrected chi connectivity index (χ0v) is 7.76. The minimum Gasteiger partial charge on any atom is -0.343 e. The van der Waals surface area contributed by atoms with E-state index >= 15 is 0 Å². The van der Waals surface area contributed by atoms with E-state index in [0.29, 0.717) is 11.3 Å². The van der Waals surface area contributed by atoms with Gasteiger partial charge in [0.2, 0.25) is 5.91 Å². The maximum Gasteiger partial charge on any atom is 0.253 e. The van der Waals surface area contributed by atoms with Crippen LogP contribution < -0.4 is 10.6 Å². The minimum atomic E-state index is -0.206. The molecular weight excluding hydrogens is 180 g/mol. The van der Waals surface area contributed by atoms with Crippen molar-refractivity contribution in [3.63, 3.8) is 0 Å². The molecule has 1 heterocycles. The summed E-state index contributed by atoms with van der Waals surface area (Å²) in [4.78, 5) is 22.7. The monoisotopic (exact) mass is 190 g/mol. The van der Waals surface area contributed by atoms with Crippen molar-refractivity contribution in [1.82, 2.24) is 5.32 Å². The molecule has 1 aromatic rings. The molecule has 0 radical (unpaired) electrons. The Bertz CT molecular complexity index is 413. The Morgan fingerprint density at radius 1 is 1.29 bits per heavy atom. The fourth-order valence-corrected chi connectivity index (χ4v) is 1.46. The normalized spacial score (nSPS) is 15.2. The third-order valence-electron chi connectivity index (χ3n) is 2.19. The Morgan fingerprint density at radius 2 is 2.07 bits per heavy atom. The summed E-state index contributed by atoms with van der Waals surface area (Å²) in [6.07, 6.45) is 0. The molecule has 4 nitrogen and oxygen atoms in total. The fourth-order valence-electron chi connectivity index (χ4n) is 1.46. The first-order valence-corrected chi connectivity index (χ1v) is 4.36. The average molecular weight is 190 g/mol. The van der Waals surface area contributed by atoms with Crippen LogP contribution in [0.1, 0.15) is 15.9 Å². The van der Waals surface area contributed by atoms with Crippen molar-refractivity contribution in [2.45, 2.75) is 6.92 Å². The van der Waals surface area contributed by atoms with Crippen LogP contribution in [0, 0.1) is 6.92 Å². The predicted octanol–water partition coefficient (Wildman–Crippen LogP) is 0.677. The number of hydrogen-bond donors (Lipinski definition) is 2. The molecule has 0 saturated carbocycles. The van der Waals surface area contributed by atoms with Crippen LogP contribution in [0.2, 0.25) is 0 Å². The molecule has 0 spiro atoms. The standard InChI is InChI=1S/C10H10N2O2/c1-6-3-2-4-7-9(6)12-8(13)5-11-10(7)14/h2-4H,5H2,1H3,(H,11,14)(H,12,13). The Labute approximate surface area is 81.3 Å². The molecule has 0 unspecified atom stereocenters. The van der Waals surface area contributed by atoms with E-state index in [-0.39, 0.29) is 18.4 Å². The van der Waals surface area contributed by atoms with Crippen molar-refractivity contribution in [2.75, 3.05) is 11.9 Å². The summed E-state index contributed by atoms with van der Waals surface area (Å²) < 4.78 is 0. The first kappa shape index (κ1) is 8.74. The van der Waals surface area contributed by atoms with Gasteiger partial charge in [-0.25, -0.2) is 0 Å². The zero-order valence-electron chi connectivity index (χ0n) is 7.76. The predicted molar refractivity (Wildman–Crippen MR) is 52.1 cm³/mol. The van der Waals surface area contributed by atoms with E-state index in [9.17, 15) is 9.59 Å². The van der Waals surface area contributed by atoms with Gasteiger partial charge in [0.1, 0.15) is 0 Å². The van der Waals surface area contributed by atoms with Crippen molar-refractivity contribution < 1.29 is 9.59 Å². The molecule has 0 bridgehead atoms. The van der Waals surface area contributed by atoms with E-state index in [1.807, 2.05) is 13.0 Å². The van der Waals surface area contributed by atoms with E-state index in [1.165, 1.54) is 0 Å². The van der Waals surface area contributed by atoms with Gasteiger partial charge in [0.15, 0.2) is 0 Å². The fraction of sp³-hybridized carbons (Fsp3) is 0.200. The van der Waals surface area contributed by atoms with E-state index in [0.717, 1.165) is 5.56 Å². The van der Waals surface area contributed by atoms with Gasteiger partial charge in [0, 0.05) is 0 Å². The summed E-state index contributed by atoms with van der Waals surface area (Å²) in [6.45, 7) is 1.89. The number of rotatable bonds is 0. The van der Waals surface area contributed by atoms with Crippen LogP contribution in [0.4, 0.5) is 5.69 Å². The number of aryl methyl sites for hydroxylation is 1. The number of benzene rings is 1. The number of nitrogens with one attached hydrogen (secondary N) is 2. The topological polar surface area (TPSA) is 58.2 Å². The Morgan fingerprint density at radius 3 is 2.86 bits per heavy atom. The van der Waals surface area contributed by atoms with E-state index in [4.69, 9.17) is 0 Å². The van der Waals surface area contributed by atoms with Gasteiger partial charge < -0.3 is 10.6 Å². The summed E-state index contributed by atoms with van der Waals surface area (Å²) >= 11 is 0. The summed E-state index contributed by atoms with van der Waals surface area (Å²) in [5.74, 6) is -0.395. The van der Waals surface area contributed by atoms with Gasteiger partial charge in [-0.1, -0.05) is 12.1 Å². The van der Waals surface area contributed by atoms with Crippen LogP contribution >= 0.6 is 0 Å². The molecule has 72 valence electrons. The average Bonchev–Trinajstić information content (AvgIpc) is 2.30. The third-order valence-corrected chi connectivity index (χ3v) is 2.19. The highest BCUT2D eigenvalue weighted by Gasteiger charge is 2.19. The second-order valence-electron chi connectivity index (χ2n) is 3.23. The maximum absolute atomic E-state index is 11.5. The van der Waals surface area contributed by atoms with Crippen molar-refractivity contribution in [1.29, 1.82) is 0 Å². The zero-order chi connectivity index (χ0) is 10.1. The number of carbonyl (C=O) groups is 2. The third kappa shape index (κ3) is 1.35. The first-order valence-electron chi connectivity index (χ1n) is 4.36. The minimum absolute atomic E-state index is 0.0347. The summed E-state index contributed by atoms with van der Waals surface area (Å²) in [6, 6.07) is 5.35. The number of carbonyl (C=O) groups excluding carboxylic acids is 2. The molecule has 2 rings (SSSR count). The summed E-state index contributed by atoms with van der Waals surface area (Å²) in [5.41, 5.74) is 2.04. The van der Waals surface area contributed by atoms with Gasteiger partial charge in [-0.3, -0.25) is 9.59 Å². The second kappa shape index (κ2) is 3.14. The highest BCUT2D eigenvalue weighted by atomic mass is 16.2. The van der Waals surface area contributed by atoms with Crippen LogP contribution in [0.5, 0.6) is 0 Å². The lowest BCUT2D eigenvalue weighted by molar-refractivity contribution is -0.115. The summed E-state index contributed by atoms with van der Waals surface area (Å²) in [7, 11) is 0. The molecule has 1 aromatic carbocycles. The van der Waals surface area contributed by atoms with E-state index in [2.05, 4.69) is 10.6 Å². The second-order valence-corrected chi connectivity index (χ2v) is 3.23. The molecule has 14 heavy (non-hydrogen) atoms. The molecule has 0 atom stereocenters. The van der Waals surface area contributed by atoms with Crippen LogP contribution in [0.15, 0.2) is 18.2 Å². The number of anilines is 1. The first-order chi connectivity index (χ1) is 6.68. The van der Waals surface area contributed by atoms with Crippen molar-refractivity contribution in [2.24, 2.45) is 0 Å². The van der Waals surface area contributed by atoms with Gasteiger partial charge in [-0.2, -0.15) is 0 Å². The van der Waals surface area contributed by atoms with Crippen LogP contribution in [-0.2, 0) is 4.79 Å². The van der Waals surface area contributed by atoms with Crippen molar-refractivity contribution >= 4 is 17.5 Å². The molecule has 4 heteroatoms. The Hall–Kier alpha value is -1.84.